The summed E-state index contributed by atoms with van der Waals surface area (Å²) in [5.41, 5.74) is 1.76. The van der Waals surface area contributed by atoms with E-state index in [2.05, 4.69) is 15.4 Å². The lowest BCUT2D eigenvalue weighted by molar-refractivity contribution is -0.124. The number of halogens is 4. The Labute approximate surface area is 295 Å². The van der Waals surface area contributed by atoms with E-state index in [0.717, 1.165) is 38.5 Å². The number of nitrogens with one attached hydrogen (secondary N) is 1. The van der Waals surface area contributed by atoms with Crippen LogP contribution >= 0.6 is 0 Å². The molecule has 4 aromatic rings. The minimum atomic E-state index is -4.52. The first-order chi connectivity index (χ1) is 24.5. The molecular weight excluding hydrogens is 662 g/mol. The molecule has 3 heterocycles. The number of hydrogen-bond donors (Lipinski definition) is 1. The molecule has 1 saturated heterocycles. The third-order valence-electron chi connectivity index (χ3n) is 9.56. The predicted octanol–water partition coefficient (Wildman–Crippen LogP) is 8.11. The fourth-order valence-electron chi connectivity index (χ4n) is 6.92. The summed E-state index contributed by atoms with van der Waals surface area (Å²) < 4.78 is 71.8. The first-order valence-corrected chi connectivity index (χ1v) is 17.4. The van der Waals surface area contributed by atoms with Crippen molar-refractivity contribution >= 4 is 28.0 Å². The Hall–Kier alpha value is -4.55. The van der Waals surface area contributed by atoms with Gasteiger partial charge in [-0.05, 0) is 72.6 Å². The van der Waals surface area contributed by atoms with Crippen LogP contribution in [0.2, 0.25) is 0 Å². The maximum Gasteiger partial charge on any atom is 0.393 e. The molecule has 0 bridgehead atoms. The summed E-state index contributed by atoms with van der Waals surface area (Å²) in [6.07, 6.45) is 5.12. The van der Waals surface area contributed by atoms with E-state index in [9.17, 15) is 18.0 Å². The van der Waals surface area contributed by atoms with Crippen LogP contribution in [0, 0.1) is 5.95 Å². The molecule has 1 saturated carbocycles. The van der Waals surface area contributed by atoms with Crippen LogP contribution in [-0.4, -0.2) is 71.1 Å². The SMILES string of the molecule is CN(C)C(=O)C=CCNC1(COc2ccc(/C(=C(/CC(F)(F)F)c3ccccc3)c3ccc4c(c3)c(F)nn4C3CCCCO3)cn2)CCCC1. The average Bonchev–Trinajstić information content (AvgIpc) is 3.74. The number of aromatic nitrogens is 3. The zero-order chi connectivity index (χ0) is 36.0. The number of ether oxygens (including phenoxy) is 2. The summed E-state index contributed by atoms with van der Waals surface area (Å²) in [5, 5.41) is 7.87. The molecule has 270 valence electrons. The van der Waals surface area contributed by atoms with Crippen LogP contribution < -0.4 is 10.1 Å². The molecule has 2 aliphatic rings. The van der Waals surface area contributed by atoms with Gasteiger partial charge < -0.3 is 19.7 Å². The molecule has 1 atom stereocenters. The first-order valence-electron chi connectivity index (χ1n) is 17.4. The summed E-state index contributed by atoms with van der Waals surface area (Å²) in [4.78, 5) is 18.0. The van der Waals surface area contributed by atoms with Crippen molar-refractivity contribution in [2.75, 3.05) is 33.9 Å². The number of amides is 1. The quantitative estimate of drug-likeness (QED) is 0.0912. The second-order valence-corrected chi connectivity index (χ2v) is 13.5. The predicted molar refractivity (Wildman–Crippen MR) is 188 cm³/mol. The Kier molecular flexibility index (Phi) is 11.2. The molecule has 8 nitrogen and oxygen atoms in total. The van der Waals surface area contributed by atoms with E-state index in [1.807, 2.05) is 0 Å². The monoisotopic (exact) mass is 705 g/mol. The first kappa shape index (κ1) is 36.2. The van der Waals surface area contributed by atoms with Crippen LogP contribution in [0.25, 0.3) is 22.0 Å². The maximum absolute atomic E-state index is 15.4. The Balaban J connectivity index is 1.33. The number of fused-ring (bicyclic) bond motifs is 1. The molecule has 2 aromatic carbocycles. The van der Waals surface area contributed by atoms with E-state index in [1.165, 1.54) is 21.9 Å². The van der Waals surface area contributed by atoms with Gasteiger partial charge in [-0.25, -0.2) is 9.67 Å². The van der Waals surface area contributed by atoms with Gasteiger partial charge in [0.15, 0.2) is 6.23 Å². The number of hydrogen-bond acceptors (Lipinski definition) is 6. The average molecular weight is 706 g/mol. The highest BCUT2D eigenvalue weighted by atomic mass is 19.4. The van der Waals surface area contributed by atoms with Crippen molar-refractivity contribution in [3.63, 3.8) is 0 Å². The second kappa shape index (κ2) is 15.8. The Bertz CT molecular complexity index is 1860. The molecule has 2 fully saturated rings. The number of nitrogens with zero attached hydrogens (tertiary/aromatic N) is 4. The summed E-state index contributed by atoms with van der Waals surface area (Å²) in [6.45, 7) is 1.39. The standard InChI is InChI=1S/C39H43F4N5O3/c1-47(2)34(49)13-10-21-45-38(19-7-8-20-38)26-51-33-18-16-29(25-44-33)36(31(24-39(41,42)43)27-11-4-3-5-12-27)28-15-17-32-30(23-28)37(40)46-48(32)35-14-6-9-22-50-35/h3-5,10-13,15-18,23,25,35,45H,6-9,14,19-22,24,26H2,1-2H3/b13-10?,36-31-. The Morgan fingerprint density at radius 3 is 2.47 bits per heavy atom. The lowest BCUT2D eigenvalue weighted by Gasteiger charge is -2.29. The van der Waals surface area contributed by atoms with Gasteiger partial charge in [-0.3, -0.25) is 4.79 Å². The molecule has 51 heavy (non-hydrogen) atoms. The van der Waals surface area contributed by atoms with Crippen molar-refractivity contribution in [2.24, 2.45) is 0 Å². The molecule has 1 N–H and O–H groups in total. The van der Waals surface area contributed by atoms with Crippen LogP contribution in [0.5, 0.6) is 5.88 Å². The molecule has 6 rings (SSSR count). The molecular formula is C39H43F4N5O3. The Morgan fingerprint density at radius 1 is 1.04 bits per heavy atom. The zero-order valence-corrected chi connectivity index (χ0v) is 28.9. The van der Waals surface area contributed by atoms with Gasteiger partial charge in [0.25, 0.3) is 0 Å². The number of likely N-dealkylation sites (N-methyl/N-ethyl adjacent to an activating group) is 1. The van der Waals surface area contributed by atoms with Gasteiger partial charge in [0.1, 0.15) is 6.61 Å². The van der Waals surface area contributed by atoms with Gasteiger partial charge in [-0.2, -0.15) is 17.6 Å². The minimum absolute atomic E-state index is 0.0382. The summed E-state index contributed by atoms with van der Waals surface area (Å²) in [6, 6.07) is 16.7. The highest BCUT2D eigenvalue weighted by Crippen LogP contribution is 2.41. The van der Waals surface area contributed by atoms with Gasteiger partial charge in [-0.15, -0.1) is 5.10 Å². The van der Waals surface area contributed by atoms with Crippen LogP contribution in [-0.2, 0) is 9.53 Å². The molecule has 2 aromatic heterocycles. The number of alkyl halides is 3. The molecule has 1 aliphatic carbocycles. The number of pyridine rings is 1. The number of benzene rings is 2. The summed E-state index contributed by atoms with van der Waals surface area (Å²) in [5.74, 6) is -0.475. The van der Waals surface area contributed by atoms with E-state index in [-0.39, 0.29) is 28.0 Å². The van der Waals surface area contributed by atoms with Gasteiger partial charge in [-0.1, -0.05) is 55.3 Å². The van der Waals surface area contributed by atoms with Crippen LogP contribution in [0.15, 0.2) is 79.0 Å². The largest absolute Gasteiger partial charge is 0.476 e. The topological polar surface area (TPSA) is 81.5 Å². The van der Waals surface area contributed by atoms with Crippen LogP contribution in [0.1, 0.15) is 74.3 Å². The number of rotatable bonds is 12. The van der Waals surface area contributed by atoms with Crippen molar-refractivity contribution in [2.45, 2.75) is 69.3 Å². The van der Waals surface area contributed by atoms with Gasteiger partial charge in [0.05, 0.1) is 22.9 Å². The van der Waals surface area contributed by atoms with Crippen LogP contribution in [0.3, 0.4) is 0 Å². The third kappa shape index (κ3) is 8.85. The maximum atomic E-state index is 15.4. The summed E-state index contributed by atoms with van der Waals surface area (Å²) in [7, 11) is 3.40. The van der Waals surface area contributed by atoms with Crippen molar-refractivity contribution in [3.8, 4) is 5.88 Å². The highest BCUT2D eigenvalue weighted by molar-refractivity contribution is 6.00. The third-order valence-corrected chi connectivity index (χ3v) is 9.56. The molecule has 0 radical (unpaired) electrons. The highest BCUT2D eigenvalue weighted by Gasteiger charge is 2.35. The fourth-order valence-corrected chi connectivity index (χ4v) is 6.92. The lowest BCUT2D eigenvalue weighted by Crippen LogP contribution is -2.48. The molecule has 1 unspecified atom stereocenters. The smallest absolute Gasteiger partial charge is 0.393 e. The van der Waals surface area contributed by atoms with Gasteiger partial charge >= 0.3 is 6.18 Å². The van der Waals surface area contributed by atoms with Crippen molar-refractivity contribution < 1.29 is 31.8 Å². The van der Waals surface area contributed by atoms with E-state index in [1.54, 1.807) is 80.8 Å². The number of carbonyl (C=O) groups excluding carboxylic acids is 1. The molecule has 1 aliphatic heterocycles. The Morgan fingerprint density at radius 2 is 1.80 bits per heavy atom. The van der Waals surface area contributed by atoms with Crippen molar-refractivity contribution in [1.29, 1.82) is 0 Å². The van der Waals surface area contributed by atoms with Crippen molar-refractivity contribution in [3.05, 3.63) is 102 Å². The van der Waals surface area contributed by atoms with E-state index >= 15 is 4.39 Å². The van der Waals surface area contributed by atoms with E-state index in [4.69, 9.17) is 9.47 Å². The molecule has 1 amide bonds. The van der Waals surface area contributed by atoms with Gasteiger partial charge in [0, 0.05) is 51.1 Å². The van der Waals surface area contributed by atoms with Gasteiger partial charge in [0.2, 0.25) is 17.7 Å². The van der Waals surface area contributed by atoms with E-state index < -0.39 is 24.8 Å². The second-order valence-electron chi connectivity index (χ2n) is 13.5. The molecule has 12 heteroatoms. The fraction of sp³-hybridized carbons (Fsp3) is 0.410. The summed E-state index contributed by atoms with van der Waals surface area (Å²) >= 11 is 0. The van der Waals surface area contributed by atoms with Crippen LogP contribution in [0.4, 0.5) is 17.6 Å². The number of allylic oxidation sites excluding steroid dienone is 1. The minimum Gasteiger partial charge on any atom is -0.476 e. The van der Waals surface area contributed by atoms with E-state index in [0.29, 0.717) is 54.3 Å². The van der Waals surface area contributed by atoms with Crippen molar-refractivity contribution in [1.82, 2.24) is 25.0 Å². The number of carbonyl (C=O) groups is 1. The zero-order valence-electron chi connectivity index (χ0n) is 28.9. The molecule has 0 spiro atoms. The lowest BCUT2D eigenvalue weighted by atomic mass is 9.88. The normalized spacial score (nSPS) is 18.3.